The number of esters is 1. The lowest BCUT2D eigenvalue weighted by atomic mass is 10.0. The lowest BCUT2D eigenvalue weighted by Gasteiger charge is -2.09. The van der Waals surface area contributed by atoms with Crippen LogP contribution in [0.1, 0.15) is 28.3 Å². The first-order valence-electron chi connectivity index (χ1n) is 10.3. The molecule has 3 unspecified atom stereocenters. The first-order valence-corrected chi connectivity index (χ1v) is 11.8. The molecule has 1 fully saturated rings. The van der Waals surface area contributed by atoms with Gasteiger partial charge in [0.1, 0.15) is 0 Å². The van der Waals surface area contributed by atoms with E-state index in [1.165, 1.54) is 11.4 Å². The Morgan fingerprint density at radius 3 is 2.00 bits per heavy atom. The quantitative estimate of drug-likeness (QED) is 0.313. The first kappa shape index (κ1) is 22.0. The Labute approximate surface area is 189 Å². The minimum atomic E-state index is -3.83. The molecule has 3 atom stereocenters. The van der Waals surface area contributed by atoms with Crippen molar-refractivity contribution >= 4 is 22.1 Å². The Morgan fingerprint density at radius 1 is 0.875 bits per heavy atom. The van der Waals surface area contributed by atoms with Gasteiger partial charge in [-0.2, -0.15) is 4.31 Å². The van der Waals surface area contributed by atoms with Crippen molar-refractivity contribution in [2.24, 2.45) is 0 Å². The minimum absolute atomic E-state index is 0.201. The van der Waals surface area contributed by atoms with E-state index in [-0.39, 0.29) is 4.90 Å². The molecule has 164 valence electrons. The molecule has 3 aromatic carbocycles. The van der Waals surface area contributed by atoms with Gasteiger partial charge in [-0.1, -0.05) is 77.9 Å². The van der Waals surface area contributed by atoms with Crippen molar-refractivity contribution in [3.63, 3.8) is 0 Å². The summed E-state index contributed by atoms with van der Waals surface area (Å²) in [6.45, 7) is 3.88. The van der Waals surface area contributed by atoms with Crippen molar-refractivity contribution in [1.82, 2.24) is 4.31 Å². The fraction of sp³-hybridized carbons (Fsp3) is 0.192. The highest BCUT2D eigenvalue weighted by Gasteiger charge is 2.59. The van der Waals surface area contributed by atoms with Crippen molar-refractivity contribution in [3.8, 4) is 0 Å². The lowest BCUT2D eigenvalue weighted by molar-refractivity contribution is -0.136. The third kappa shape index (κ3) is 4.24. The van der Waals surface area contributed by atoms with Gasteiger partial charge >= 0.3 is 5.97 Å². The van der Waals surface area contributed by atoms with Gasteiger partial charge in [-0.15, -0.1) is 0 Å². The summed E-state index contributed by atoms with van der Waals surface area (Å²) in [6, 6.07) is 22.7. The van der Waals surface area contributed by atoms with E-state index in [1.807, 2.05) is 68.4 Å². The first-order chi connectivity index (χ1) is 15.3. The molecule has 0 aliphatic carbocycles. The molecule has 32 heavy (non-hydrogen) atoms. The number of nitrogens with zero attached hydrogens (tertiary/aromatic N) is 1. The molecule has 0 N–H and O–H groups in total. The SMILES string of the molecule is COC(=O)/C(=C/c1ccccc1)C1C(c2ccc(C)cc2)N1S(=O)(=O)c1ccc(C)cc1. The second-order valence-electron chi connectivity index (χ2n) is 7.95. The molecule has 0 saturated carbocycles. The second kappa shape index (κ2) is 8.73. The number of carbonyl (C=O) groups excluding carboxylic acids is 1. The minimum Gasteiger partial charge on any atom is -0.466 e. The van der Waals surface area contributed by atoms with Crippen molar-refractivity contribution in [3.05, 3.63) is 107 Å². The molecule has 0 spiro atoms. The normalized spacial score (nSPS) is 20.6. The molecular weight excluding hydrogens is 422 g/mol. The number of ether oxygens (including phenoxy) is 1. The number of benzene rings is 3. The van der Waals surface area contributed by atoms with Gasteiger partial charge in [0.25, 0.3) is 0 Å². The maximum atomic E-state index is 13.6. The topological polar surface area (TPSA) is 63.5 Å². The number of sulfonamides is 1. The Morgan fingerprint density at radius 2 is 1.44 bits per heavy atom. The van der Waals surface area contributed by atoms with Crippen LogP contribution in [0, 0.1) is 13.8 Å². The van der Waals surface area contributed by atoms with Crippen LogP contribution >= 0.6 is 0 Å². The Kier molecular flexibility index (Phi) is 6.00. The Balaban J connectivity index is 1.82. The molecule has 1 aliphatic heterocycles. The third-order valence-corrected chi connectivity index (χ3v) is 7.51. The summed E-state index contributed by atoms with van der Waals surface area (Å²) >= 11 is 0. The third-order valence-electron chi connectivity index (χ3n) is 5.63. The van der Waals surface area contributed by atoms with E-state index in [4.69, 9.17) is 4.74 Å². The van der Waals surface area contributed by atoms with Crippen LogP contribution in [0.2, 0.25) is 0 Å². The van der Waals surface area contributed by atoms with Gasteiger partial charge in [0, 0.05) is 0 Å². The molecule has 4 rings (SSSR count). The second-order valence-corrected chi connectivity index (χ2v) is 9.79. The van der Waals surface area contributed by atoms with Crippen molar-refractivity contribution < 1.29 is 17.9 Å². The lowest BCUT2D eigenvalue weighted by Crippen LogP contribution is -2.19. The van der Waals surface area contributed by atoms with Crippen LogP contribution in [0.25, 0.3) is 6.08 Å². The summed E-state index contributed by atoms with van der Waals surface area (Å²) in [6.07, 6.45) is 1.71. The van der Waals surface area contributed by atoms with E-state index in [1.54, 1.807) is 30.3 Å². The number of rotatable bonds is 6. The van der Waals surface area contributed by atoms with Crippen LogP contribution in [-0.4, -0.2) is 31.8 Å². The van der Waals surface area contributed by atoms with E-state index < -0.39 is 28.1 Å². The van der Waals surface area contributed by atoms with Crippen molar-refractivity contribution in [2.75, 3.05) is 7.11 Å². The standard InChI is InChI=1S/C26H25NO4S/c1-18-9-13-21(14-10-18)24-25(23(26(28)31-3)17-20-7-5-4-6-8-20)27(24)32(29,30)22-15-11-19(2)12-16-22/h4-17,24-25H,1-3H3/b23-17+. The van der Waals surface area contributed by atoms with E-state index in [0.29, 0.717) is 5.57 Å². The molecule has 6 heteroatoms. The molecule has 0 radical (unpaired) electrons. The van der Waals surface area contributed by atoms with E-state index in [9.17, 15) is 13.2 Å². The van der Waals surface area contributed by atoms with Gasteiger partial charge in [0.15, 0.2) is 0 Å². The van der Waals surface area contributed by atoms with Gasteiger partial charge in [0.2, 0.25) is 10.0 Å². The monoisotopic (exact) mass is 447 g/mol. The average molecular weight is 448 g/mol. The van der Waals surface area contributed by atoms with Gasteiger partial charge in [-0.05, 0) is 43.2 Å². The molecule has 1 saturated heterocycles. The molecule has 0 aromatic heterocycles. The van der Waals surface area contributed by atoms with Crippen LogP contribution in [0.3, 0.4) is 0 Å². The number of carbonyl (C=O) groups is 1. The summed E-state index contributed by atoms with van der Waals surface area (Å²) in [4.78, 5) is 13.0. The number of aryl methyl sites for hydroxylation is 2. The van der Waals surface area contributed by atoms with Gasteiger partial charge in [-0.3, -0.25) is 0 Å². The van der Waals surface area contributed by atoms with Gasteiger partial charge in [0.05, 0.1) is 29.7 Å². The van der Waals surface area contributed by atoms with Crippen molar-refractivity contribution in [1.29, 1.82) is 0 Å². The van der Waals surface area contributed by atoms with E-state index >= 15 is 0 Å². The molecule has 3 aromatic rings. The zero-order chi connectivity index (χ0) is 22.9. The zero-order valence-electron chi connectivity index (χ0n) is 18.2. The predicted octanol–water partition coefficient (Wildman–Crippen LogP) is 4.67. The fourth-order valence-corrected chi connectivity index (χ4v) is 5.59. The Bertz CT molecular complexity index is 1250. The summed E-state index contributed by atoms with van der Waals surface area (Å²) in [5.74, 6) is -0.544. The molecule has 1 heterocycles. The summed E-state index contributed by atoms with van der Waals surface area (Å²) in [5.41, 5.74) is 3.99. The molecule has 0 amide bonds. The average Bonchev–Trinajstić information content (AvgIpc) is 3.55. The molecular formula is C26H25NO4S. The largest absolute Gasteiger partial charge is 0.466 e. The van der Waals surface area contributed by atoms with E-state index in [2.05, 4.69) is 0 Å². The van der Waals surface area contributed by atoms with Crippen LogP contribution in [0.15, 0.2) is 89.3 Å². The van der Waals surface area contributed by atoms with Crippen LogP contribution in [0.5, 0.6) is 0 Å². The molecule has 0 bridgehead atoms. The molecule has 1 aliphatic rings. The maximum Gasteiger partial charge on any atom is 0.335 e. The number of hydrogen-bond acceptors (Lipinski definition) is 4. The highest BCUT2D eigenvalue weighted by Crippen LogP contribution is 2.51. The number of hydrogen-bond donors (Lipinski definition) is 0. The van der Waals surface area contributed by atoms with Crippen LogP contribution in [0.4, 0.5) is 0 Å². The number of methoxy groups -OCH3 is 1. The highest BCUT2D eigenvalue weighted by molar-refractivity contribution is 7.89. The fourth-order valence-electron chi connectivity index (χ4n) is 3.85. The molecule has 5 nitrogen and oxygen atoms in total. The van der Waals surface area contributed by atoms with Crippen molar-refractivity contribution in [2.45, 2.75) is 30.8 Å². The Hall–Kier alpha value is -3.22. The van der Waals surface area contributed by atoms with Gasteiger partial charge < -0.3 is 4.74 Å². The zero-order valence-corrected chi connectivity index (χ0v) is 19.0. The summed E-state index contributed by atoms with van der Waals surface area (Å²) in [7, 11) is -2.52. The van der Waals surface area contributed by atoms with Gasteiger partial charge in [-0.25, -0.2) is 13.2 Å². The van der Waals surface area contributed by atoms with Crippen LogP contribution < -0.4 is 0 Å². The smallest absolute Gasteiger partial charge is 0.335 e. The van der Waals surface area contributed by atoms with Crippen LogP contribution in [-0.2, 0) is 19.6 Å². The summed E-state index contributed by atoms with van der Waals surface area (Å²) < 4.78 is 33.6. The summed E-state index contributed by atoms with van der Waals surface area (Å²) in [5, 5.41) is 0. The maximum absolute atomic E-state index is 13.6. The predicted molar refractivity (Wildman–Crippen MR) is 124 cm³/mol. The highest BCUT2D eigenvalue weighted by atomic mass is 32.2. The van der Waals surface area contributed by atoms with E-state index in [0.717, 1.165) is 22.3 Å².